The van der Waals surface area contributed by atoms with E-state index in [2.05, 4.69) is 21.9 Å². The topological polar surface area (TPSA) is 89.3 Å². The molecule has 0 bridgehead atoms. The number of nitrogens with one attached hydrogen (secondary N) is 2. The van der Waals surface area contributed by atoms with Crippen molar-refractivity contribution in [1.82, 2.24) is 15.8 Å². The van der Waals surface area contributed by atoms with Crippen LogP contribution in [0.15, 0.2) is 84.4 Å². The Kier molecular flexibility index (Phi) is 6.26. The van der Waals surface area contributed by atoms with Crippen LogP contribution in [-0.4, -0.2) is 10.9 Å². The highest BCUT2D eigenvalue weighted by atomic mass is 32.1. The maximum Gasteiger partial charge on any atom is 0.269 e. The van der Waals surface area contributed by atoms with Crippen LogP contribution in [0.3, 0.4) is 0 Å². The fourth-order valence-corrected chi connectivity index (χ4v) is 3.70. The molecule has 7 heteroatoms. The molecule has 0 saturated heterocycles. The number of thiazole rings is 1. The number of hydrogen-bond donors (Lipinski definition) is 3. The SMILES string of the molecule is CC(NNC(=O)c1cc(N)ccc1Oc1ccccc1)c1cccc(-c2nccs2)c1. The minimum atomic E-state index is -0.332. The zero-order valence-corrected chi connectivity index (χ0v) is 17.7. The van der Waals surface area contributed by atoms with Gasteiger partial charge in [0, 0.05) is 28.9 Å². The molecule has 3 aromatic carbocycles. The van der Waals surface area contributed by atoms with Crippen molar-refractivity contribution in [3.05, 3.63) is 95.5 Å². The molecular weight excluding hydrogens is 408 g/mol. The van der Waals surface area contributed by atoms with Gasteiger partial charge in [-0.2, -0.15) is 0 Å². The lowest BCUT2D eigenvalue weighted by atomic mass is 10.1. The number of hydrogen-bond acceptors (Lipinski definition) is 6. The number of carbonyl (C=O) groups is 1. The summed E-state index contributed by atoms with van der Waals surface area (Å²) in [7, 11) is 0. The zero-order valence-electron chi connectivity index (χ0n) is 16.9. The van der Waals surface area contributed by atoms with Crippen LogP contribution in [0.4, 0.5) is 5.69 Å². The first kappa shape index (κ1) is 20.6. The van der Waals surface area contributed by atoms with Gasteiger partial charge in [-0.05, 0) is 48.9 Å². The molecule has 6 nitrogen and oxygen atoms in total. The molecule has 4 aromatic rings. The summed E-state index contributed by atoms with van der Waals surface area (Å²) in [4.78, 5) is 17.2. The van der Waals surface area contributed by atoms with Gasteiger partial charge in [0.25, 0.3) is 5.91 Å². The summed E-state index contributed by atoms with van der Waals surface area (Å²) < 4.78 is 5.88. The molecular formula is C24H22N4O2S. The van der Waals surface area contributed by atoms with Crippen molar-refractivity contribution in [2.75, 3.05) is 5.73 Å². The summed E-state index contributed by atoms with van der Waals surface area (Å²) in [5, 5.41) is 2.91. The van der Waals surface area contributed by atoms with Crippen LogP contribution in [0, 0.1) is 0 Å². The molecule has 4 N–H and O–H groups in total. The van der Waals surface area contributed by atoms with Gasteiger partial charge in [-0.3, -0.25) is 10.2 Å². The minimum Gasteiger partial charge on any atom is -0.457 e. The monoisotopic (exact) mass is 430 g/mol. The predicted octanol–water partition coefficient (Wildman–Crippen LogP) is 5.18. The lowest BCUT2D eigenvalue weighted by molar-refractivity contribution is 0.0924. The number of hydrazine groups is 1. The van der Waals surface area contributed by atoms with Crippen molar-refractivity contribution < 1.29 is 9.53 Å². The van der Waals surface area contributed by atoms with E-state index in [9.17, 15) is 4.79 Å². The van der Waals surface area contributed by atoms with E-state index < -0.39 is 0 Å². The molecule has 1 aromatic heterocycles. The van der Waals surface area contributed by atoms with Crippen molar-refractivity contribution in [3.8, 4) is 22.1 Å². The molecule has 0 fully saturated rings. The molecule has 0 radical (unpaired) electrons. The first-order valence-electron chi connectivity index (χ1n) is 9.78. The van der Waals surface area contributed by atoms with Crippen molar-refractivity contribution in [2.24, 2.45) is 0 Å². The Hall–Kier alpha value is -3.68. The highest BCUT2D eigenvalue weighted by molar-refractivity contribution is 7.13. The third-order valence-corrected chi connectivity index (χ3v) is 5.51. The van der Waals surface area contributed by atoms with Crippen molar-refractivity contribution >= 4 is 22.9 Å². The zero-order chi connectivity index (χ0) is 21.6. The average Bonchev–Trinajstić information content (AvgIpc) is 3.34. The lowest BCUT2D eigenvalue weighted by Gasteiger charge is -2.17. The number of rotatable bonds is 7. The first-order chi connectivity index (χ1) is 15.1. The van der Waals surface area contributed by atoms with Gasteiger partial charge in [0.15, 0.2) is 0 Å². The number of nitrogens with zero attached hydrogens (tertiary/aromatic N) is 1. The van der Waals surface area contributed by atoms with Gasteiger partial charge >= 0.3 is 0 Å². The normalized spacial score (nSPS) is 11.6. The smallest absolute Gasteiger partial charge is 0.269 e. The van der Waals surface area contributed by atoms with Gasteiger partial charge in [0.1, 0.15) is 16.5 Å². The van der Waals surface area contributed by atoms with Gasteiger partial charge < -0.3 is 10.5 Å². The van der Waals surface area contributed by atoms with Crippen LogP contribution in [0.5, 0.6) is 11.5 Å². The van der Waals surface area contributed by atoms with E-state index in [0.29, 0.717) is 22.7 Å². The number of amides is 1. The highest BCUT2D eigenvalue weighted by Crippen LogP contribution is 2.27. The molecule has 1 atom stereocenters. The third kappa shape index (κ3) is 5.09. The Labute approximate surface area is 184 Å². The molecule has 0 saturated carbocycles. The summed E-state index contributed by atoms with van der Waals surface area (Å²) in [6.07, 6.45) is 1.79. The molecule has 0 aliphatic heterocycles. The Balaban J connectivity index is 1.46. The summed E-state index contributed by atoms with van der Waals surface area (Å²) in [5.41, 5.74) is 14.6. The van der Waals surface area contributed by atoms with E-state index >= 15 is 0 Å². The third-order valence-electron chi connectivity index (χ3n) is 4.69. The Morgan fingerprint density at radius 2 is 1.90 bits per heavy atom. The number of ether oxygens (including phenoxy) is 1. The molecule has 4 rings (SSSR count). The number of anilines is 1. The molecule has 0 aliphatic carbocycles. The summed E-state index contributed by atoms with van der Waals surface area (Å²) in [5.74, 6) is 0.737. The van der Waals surface area contributed by atoms with Crippen molar-refractivity contribution in [2.45, 2.75) is 13.0 Å². The van der Waals surface area contributed by atoms with Crippen LogP contribution in [0.1, 0.15) is 28.9 Å². The lowest BCUT2D eigenvalue weighted by Crippen LogP contribution is -2.39. The molecule has 0 spiro atoms. The number of para-hydroxylation sites is 1. The summed E-state index contributed by atoms with van der Waals surface area (Å²) in [6.45, 7) is 1.97. The van der Waals surface area contributed by atoms with E-state index in [1.54, 1.807) is 35.7 Å². The summed E-state index contributed by atoms with van der Waals surface area (Å²) >= 11 is 1.59. The van der Waals surface area contributed by atoms with Gasteiger partial charge in [0.2, 0.25) is 0 Å². The Bertz CT molecular complexity index is 1160. The fraction of sp³-hybridized carbons (Fsp3) is 0.0833. The predicted molar refractivity (Wildman–Crippen MR) is 124 cm³/mol. The number of nitrogens with two attached hydrogens (primary N) is 1. The van der Waals surface area contributed by atoms with Crippen LogP contribution in [0.2, 0.25) is 0 Å². The van der Waals surface area contributed by atoms with Crippen LogP contribution >= 0.6 is 11.3 Å². The van der Waals surface area contributed by atoms with E-state index in [4.69, 9.17) is 10.5 Å². The number of benzene rings is 3. The number of carbonyl (C=O) groups excluding carboxylic acids is 1. The van der Waals surface area contributed by atoms with E-state index in [1.165, 1.54) is 0 Å². The second-order valence-corrected chi connectivity index (χ2v) is 7.85. The molecule has 31 heavy (non-hydrogen) atoms. The summed E-state index contributed by atoms with van der Waals surface area (Å²) in [6, 6.07) is 22.2. The minimum absolute atomic E-state index is 0.122. The van der Waals surface area contributed by atoms with E-state index in [-0.39, 0.29) is 11.9 Å². The second-order valence-electron chi connectivity index (χ2n) is 6.95. The fourth-order valence-electron chi connectivity index (χ4n) is 3.06. The van der Waals surface area contributed by atoms with Crippen LogP contribution < -0.4 is 21.3 Å². The largest absolute Gasteiger partial charge is 0.457 e. The number of nitrogen functional groups attached to an aromatic ring is 1. The quantitative estimate of drug-likeness (QED) is 0.278. The molecule has 1 unspecified atom stereocenters. The van der Waals surface area contributed by atoms with Crippen LogP contribution in [0.25, 0.3) is 10.6 Å². The van der Waals surface area contributed by atoms with Crippen molar-refractivity contribution in [3.63, 3.8) is 0 Å². The number of aromatic nitrogens is 1. The molecule has 1 amide bonds. The maximum absolute atomic E-state index is 12.9. The van der Waals surface area contributed by atoms with Gasteiger partial charge in [0.05, 0.1) is 5.56 Å². The highest BCUT2D eigenvalue weighted by Gasteiger charge is 2.16. The average molecular weight is 431 g/mol. The molecule has 0 aliphatic rings. The second kappa shape index (κ2) is 9.42. The Morgan fingerprint density at radius 1 is 1.06 bits per heavy atom. The van der Waals surface area contributed by atoms with Gasteiger partial charge in [-0.15, -0.1) is 11.3 Å². The maximum atomic E-state index is 12.9. The van der Waals surface area contributed by atoms with Gasteiger partial charge in [-0.1, -0.05) is 36.4 Å². The standard InChI is InChI=1S/C24H22N4O2S/c1-16(17-6-5-7-18(14-17)24-26-12-13-31-24)27-28-23(29)21-15-19(25)10-11-22(21)30-20-8-3-2-4-9-20/h2-16,27H,25H2,1H3,(H,28,29). The molecule has 1 heterocycles. The van der Waals surface area contributed by atoms with Gasteiger partial charge in [-0.25, -0.2) is 10.4 Å². The first-order valence-corrected chi connectivity index (χ1v) is 10.7. The van der Waals surface area contributed by atoms with E-state index in [0.717, 1.165) is 16.1 Å². The van der Waals surface area contributed by atoms with Crippen LogP contribution in [-0.2, 0) is 0 Å². The molecule has 156 valence electrons. The van der Waals surface area contributed by atoms with Crippen molar-refractivity contribution in [1.29, 1.82) is 0 Å². The Morgan fingerprint density at radius 3 is 2.68 bits per heavy atom. The van der Waals surface area contributed by atoms with E-state index in [1.807, 2.05) is 60.8 Å².